The Hall–Kier alpha value is -5.25. The van der Waals surface area contributed by atoms with Crippen LogP contribution in [0.4, 0.5) is 5.82 Å². The van der Waals surface area contributed by atoms with Crippen LogP contribution in [-0.2, 0) is 20.7 Å². The van der Waals surface area contributed by atoms with E-state index in [-0.39, 0.29) is 29.0 Å². The van der Waals surface area contributed by atoms with Crippen molar-refractivity contribution in [3.63, 3.8) is 0 Å². The van der Waals surface area contributed by atoms with Gasteiger partial charge in [0.2, 0.25) is 5.91 Å². The summed E-state index contributed by atoms with van der Waals surface area (Å²) in [6.07, 6.45) is 9.08. The Morgan fingerprint density at radius 1 is 1.13 bits per heavy atom. The van der Waals surface area contributed by atoms with Crippen molar-refractivity contribution in [3.05, 3.63) is 65.7 Å². The third-order valence-corrected chi connectivity index (χ3v) is 9.81. The number of aromatic nitrogens is 7. The molecule has 16 heteroatoms. The van der Waals surface area contributed by atoms with Gasteiger partial charge in [0.25, 0.3) is 0 Å². The molecule has 1 saturated carbocycles. The molecule has 2 atom stereocenters. The molecule has 1 aromatic carbocycles. The van der Waals surface area contributed by atoms with Gasteiger partial charge in [-0.25, -0.2) is 15.0 Å². The van der Waals surface area contributed by atoms with E-state index in [9.17, 15) is 9.59 Å². The highest BCUT2D eigenvalue weighted by atomic mass is 16.5. The number of anilines is 1. The molecular formula is C39H57N13O3. The number of carbonyl (C=O) groups is 2. The van der Waals surface area contributed by atoms with Gasteiger partial charge in [-0.15, -0.1) is 25.5 Å². The monoisotopic (exact) mass is 755 g/mol. The van der Waals surface area contributed by atoms with Crippen molar-refractivity contribution in [2.75, 3.05) is 45.7 Å². The van der Waals surface area contributed by atoms with Crippen LogP contribution in [0.1, 0.15) is 89.9 Å². The molecule has 55 heavy (non-hydrogen) atoms. The Labute approximate surface area is 323 Å². The zero-order chi connectivity index (χ0) is 39.5. The first-order valence-corrected chi connectivity index (χ1v) is 19.2. The number of amides is 1. The summed E-state index contributed by atoms with van der Waals surface area (Å²) < 4.78 is 8.17. The highest BCUT2D eigenvalue weighted by Crippen LogP contribution is 2.40. The van der Waals surface area contributed by atoms with Gasteiger partial charge >= 0.3 is 5.97 Å². The number of hydrogen-bond acceptors (Lipinski definition) is 13. The second-order valence-electron chi connectivity index (χ2n) is 15.8. The number of hydrogen-bond donors (Lipinski definition) is 4. The van der Waals surface area contributed by atoms with E-state index in [0.29, 0.717) is 18.9 Å². The van der Waals surface area contributed by atoms with Crippen LogP contribution in [-0.4, -0.2) is 98.0 Å². The molecule has 0 spiro atoms. The first-order chi connectivity index (χ1) is 26.4. The van der Waals surface area contributed by atoms with Crippen molar-refractivity contribution in [2.45, 2.75) is 91.1 Å². The highest BCUT2D eigenvalue weighted by molar-refractivity contribution is 5.87. The molecule has 0 radical (unpaired) electrons. The van der Waals surface area contributed by atoms with E-state index in [4.69, 9.17) is 10.6 Å². The molecule has 3 aromatic heterocycles. The maximum Gasteiger partial charge on any atom is 0.360 e. The number of benzene rings is 1. The smallest absolute Gasteiger partial charge is 0.360 e. The van der Waals surface area contributed by atoms with Gasteiger partial charge in [-0.05, 0) is 68.9 Å². The van der Waals surface area contributed by atoms with Crippen molar-refractivity contribution in [2.24, 2.45) is 16.4 Å². The van der Waals surface area contributed by atoms with E-state index in [1.807, 2.05) is 48.0 Å². The van der Waals surface area contributed by atoms with E-state index < -0.39 is 12.0 Å². The van der Waals surface area contributed by atoms with Crippen molar-refractivity contribution in [1.29, 1.82) is 5.53 Å². The van der Waals surface area contributed by atoms with Gasteiger partial charge in [-0.2, -0.15) is 4.52 Å². The van der Waals surface area contributed by atoms with Gasteiger partial charge < -0.3 is 25.6 Å². The second-order valence-corrected chi connectivity index (χ2v) is 15.8. The van der Waals surface area contributed by atoms with Gasteiger partial charge in [-0.3, -0.25) is 4.79 Å². The lowest BCUT2D eigenvalue weighted by molar-refractivity contribution is -0.136. The van der Waals surface area contributed by atoms with Crippen molar-refractivity contribution in [3.8, 4) is 11.4 Å². The van der Waals surface area contributed by atoms with Gasteiger partial charge in [0.15, 0.2) is 23.0 Å². The average Bonchev–Trinajstić information content (AvgIpc) is 3.78. The molecular weight excluding hydrogens is 699 g/mol. The summed E-state index contributed by atoms with van der Waals surface area (Å²) in [4.78, 5) is 26.9. The Balaban J connectivity index is 1.11. The Kier molecular flexibility index (Phi) is 14.0. The molecule has 1 fully saturated rings. The fraction of sp³-hybridized carbons (Fsp3) is 0.564. The Morgan fingerprint density at radius 2 is 1.89 bits per heavy atom. The summed E-state index contributed by atoms with van der Waals surface area (Å²) in [7, 11) is 2.98. The van der Waals surface area contributed by atoms with Crippen molar-refractivity contribution < 1.29 is 14.3 Å². The van der Waals surface area contributed by atoms with Crippen LogP contribution in [0.3, 0.4) is 0 Å². The fourth-order valence-electron chi connectivity index (χ4n) is 6.66. The number of nitrogens with one attached hydrogen (secondary N) is 4. The predicted molar refractivity (Wildman–Crippen MR) is 210 cm³/mol. The normalized spacial score (nSPS) is 14.7. The first kappa shape index (κ1) is 40.9. The molecule has 1 amide bonds. The van der Waals surface area contributed by atoms with E-state index in [2.05, 4.69) is 80.1 Å². The SMILES string of the molecule is COC(=O)/C(=C/N(C)C[C@H](C)NC(=O)[C@H](CC(C)C)n1cc(CCCNCC(C)(C)CNc2nn3c(-c4ccccc4)nnc3cc2C2CCC2)nn1)N=N. The first-order valence-electron chi connectivity index (χ1n) is 19.2. The molecule has 0 unspecified atom stereocenters. The van der Waals surface area contributed by atoms with Gasteiger partial charge in [0.1, 0.15) is 6.04 Å². The molecule has 16 nitrogen and oxygen atoms in total. The molecule has 4 aromatic rings. The van der Waals surface area contributed by atoms with E-state index in [1.54, 1.807) is 16.6 Å². The zero-order valence-electron chi connectivity index (χ0n) is 33.2. The highest BCUT2D eigenvalue weighted by Gasteiger charge is 2.27. The standard InChI is InChI=1S/C39H57N13O3/c1-26(2)19-33(37(53)43-27(3)21-50(6)23-32(44-40)38(54)55-7)51-22-30(45-49-51)17-12-18-41-24-39(4,5)25-42-35-31(28-15-11-16-28)20-34-46-47-36(52(34)48-35)29-13-9-8-10-14-29/h8-10,13-14,20,22-23,26-28,33,40-41H,11-12,15-19,21,24-25H2,1-7H3,(H,42,48)(H,43,53)/b32-23-,44-40?/t27-,33-/m0/s1. The zero-order valence-corrected chi connectivity index (χ0v) is 33.2. The predicted octanol–water partition coefficient (Wildman–Crippen LogP) is 5.38. The number of esters is 1. The molecule has 1 aliphatic rings. The van der Waals surface area contributed by atoms with Crippen LogP contribution >= 0.6 is 0 Å². The van der Waals surface area contributed by atoms with Gasteiger partial charge in [0, 0.05) is 56.2 Å². The lowest BCUT2D eigenvalue weighted by Gasteiger charge is -2.30. The molecule has 1 aliphatic carbocycles. The molecule has 296 valence electrons. The van der Waals surface area contributed by atoms with Crippen LogP contribution in [0, 0.1) is 16.9 Å². The molecule has 5 rings (SSSR count). The van der Waals surface area contributed by atoms with E-state index in [1.165, 1.54) is 38.1 Å². The average molecular weight is 756 g/mol. The number of rotatable bonds is 21. The summed E-state index contributed by atoms with van der Waals surface area (Å²) in [5.41, 5.74) is 10.9. The fourth-order valence-corrected chi connectivity index (χ4v) is 6.66. The number of fused-ring (bicyclic) bond motifs is 1. The number of carbonyl (C=O) groups excluding carboxylic acids is 2. The van der Waals surface area contributed by atoms with Gasteiger partial charge in [0.05, 0.1) is 12.8 Å². The summed E-state index contributed by atoms with van der Waals surface area (Å²) in [6, 6.07) is 11.4. The largest absolute Gasteiger partial charge is 0.464 e. The lowest BCUT2D eigenvalue weighted by atomic mass is 9.80. The van der Waals surface area contributed by atoms with Crippen LogP contribution in [0.2, 0.25) is 0 Å². The topological polar surface area (TPSA) is 193 Å². The van der Waals surface area contributed by atoms with Crippen LogP contribution in [0.5, 0.6) is 0 Å². The van der Waals surface area contributed by atoms with Crippen LogP contribution in [0.25, 0.3) is 17.0 Å². The quantitative estimate of drug-likeness (QED) is 0.0369. The second kappa shape index (κ2) is 18.9. The third kappa shape index (κ3) is 11.2. The third-order valence-electron chi connectivity index (χ3n) is 9.81. The number of likely N-dealkylation sites (N-methyl/N-ethyl adjacent to an activating group) is 1. The summed E-state index contributed by atoms with van der Waals surface area (Å²) >= 11 is 0. The maximum absolute atomic E-state index is 13.5. The maximum atomic E-state index is 13.5. The molecule has 3 heterocycles. The van der Waals surface area contributed by atoms with Crippen molar-refractivity contribution in [1.82, 2.24) is 50.3 Å². The number of nitrogens with zero attached hydrogens (tertiary/aromatic N) is 9. The number of aryl methyl sites for hydroxylation is 1. The van der Waals surface area contributed by atoms with E-state index in [0.717, 1.165) is 61.0 Å². The summed E-state index contributed by atoms with van der Waals surface area (Å²) in [5, 5.41) is 36.3. The molecule has 0 bridgehead atoms. The molecule has 0 aliphatic heterocycles. The minimum atomic E-state index is -0.697. The Bertz CT molecular complexity index is 1920. The van der Waals surface area contributed by atoms with Crippen LogP contribution in [0.15, 0.2) is 59.6 Å². The van der Waals surface area contributed by atoms with E-state index >= 15 is 0 Å². The summed E-state index contributed by atoms with van der Waals surface area (Å²) in [6.45, 7) is 13.3. The van der Waals surface area contributed by atoms with Gasteiger partial charge in [-0.1, -0.05) is 69.7 Å². The van der Waals surface area contributed by atoms with Crippen LogP contribution < -0.4 is 16.0 Å². The van der Waals surface area contributed by atoms with Crippen molar-refractivity contribution >= 4 is 23.3 Å². The molecule has 0 saturated heterocycles. The number of methoxy groups -OCH3 is 1. The number of ether oxygens (including phenoxy) is 1. The minimum absolute atomic E-state index is 0.0492. The molecule has 4 N–H and O–H groups in total. The minimum Gasteiger partial charge on any atom is -0.464 e. The lowest BCUT2D eigenvalue weighted by Crippen LogP contribution is -2.43. The Morgan fingerprint density at radius 3 is 2.56 bits per heavy atom. The summed E-state index contributed by atoms with van der Waals surface area (Å²) in [5.74, 6) is 1.53.